The van der Waals surface area contributed by atoms with E-state index in [1.54, 1.807) is 0 Å². The minimum absolute atomic E-state index is 0.117. The standard InChI is InChI=1S/C16H32N2O2S/c1-12(18-14(19)20-15(2,3)4)7-9-17-13-11-21-10-8-16(13,5)6/h12-13,17H,7-11H2,1-6H3,(H,18,19). The van der Waals surface area contributed by atoms with Crippen LogP contribution in [0.2, 0.25) is 0 Å². The Kier molecular flexibility index (Phi) is 6.85. The predicted molar refractivity (Wildman–Crippen MR) is 91.0 cm³/mol. The largest absolute Gasteiger partial charge is 0.444 e. The summed E-state index contributed by atoms with van der Waals surface area (Å²) >= 11 is 2.03. The summed E-state index contributed by atoms with van der Waals surface area (Å²) in [5.41, 5.74) is -0.0710. The summed E-state index contributed by atoms with van der Waals surface area (Å²) in [7, 11) is 0. The third kappa shape index (κ3) is 7.41. The van der Waals surface area contributed by atoms with Gasteiger partial charge in [0.05, 0.1) is 0 Å². The van der Waals surface area contributed by atoms with Gasteiger partial charge in [0.2, 0.25) is 0 Å². The Morgan fingerprint density at radius 3 is 2.67 bits per heavy atom. The van der Waals surface area contributed by atoms with Gasteiger partial charge in [-0.1, -0.05) is 13.8 Å². The molecule has 2 atom stereocenters. The lowest BCUT2D eigenvalue weighted by molar-refractivity contribution is 0.0506. The van der Waals surface area contributed by atoms with Crippen LogP contribution in [0.5, 0.6) is 0 Å². The SMILES string of the molecule is CC(CCNC1CSCCC1(C)C)NC(=O)OC(C)(C)C. The van der Waals surface area contributed by atoms with E-state index < -0.39 is 5.60 Å². The summed E-state index contributed by atoms with van der Waals surface area (Å²) in [5.74, 6) is 2.45. The van der Waals surface area contributed by atoms with Gasteiger partial charge < -0.3 is 15.4 Å². The quantitative estimate of drug-likeness (QED) is 0.816. The van der Waals surface area contributed by atoms with E-state index in [2.05, 4.69) is 24.5 Å². The average Bonchev–Trinajstić information content (AvgIpc) is 2.28. The average molecular weight is 317 g/mol. The van der Waals surface area contributed by atoms with Crippen molar-refractivity contribution in [2.75, 3.05) is 18.1 Å². The van der Waals surface area contributed by atoms with Gasteiger partial charge in [0, 0.05) is 17.8 Å². The van der Waals surface area contributed by atoms with Crippen LogP contribution in [0.1, 0.15) is 54.4 Å². The molecule has 2 N–H and O–H groups in total. The van der Waals surface area contributed by atoms with Gasteiger partial charge >= 0.3 is 6.09 Å². The number of ether oxygens (including phenoxy) is 1. The Labute approximate surface area is 134 Å². The molecule has 1 aliphatic heterocycles. The zero-order valence-electron chi connectivity index (χ0n) is 14.4. The van der Waals surface area contributed by atoms with Gasteiger partial charge in [-0.15, -0.1) is 0 Å². The summed E-state index contributed by atoms with van der Waals surface area (Å²) in [6.07, 6.45) is 1.85. The van der Waals surface area contributed by atoms with Crippen LogP contribution < -0.4 is 10.6 Å². The van der Waals surface area contributed by atoms with Crippen LogP contribution in [0.25, 0.3) is 0 Å². The molecule has 1 rings (SSSR count). The van der Waals surface area contributed by atoms with Gasteiger partial charge in [-0.05, 0) is 58.2 Å². The van der Waals surface area contributed by atoms with Gasteiger partial charge in [-0.2, -0.15) is 11.8 Å². The van der Waals surface area contributed by atoms with Crippen molar-refractivity contribution in [3.8, 4) is 0 Å². The van der Waals surface area contributed by atoms with Crippen LogP contribution in [0.3, 0.4) is 0 Å². The number of nitrogens with one attached hydrogen (secondary N) is 2. The second kappa shape index (κ2) is 7.73. The number of rotatable bonds is 5. The molecule has 0 bridgehead atoms. The zero-order chi connectivity index (χ0) is 16.1. The van der Waals surface area contributed by atoms with Crippen molar-refractivity contribution >= 4 is 17.9 Å². The minimum atomic E-state index is -0.439. The fraction of sp³-hybridized carbons (Fsp3) is 0.938. The first kappa shape index (κ1) is 18.6. The highest BCUT2D eigenvalue weighted by Gasteiger charge is 2.32. The molecule has 2 unspecified atom stereocenters. The van der Waals surface area contributed by atoms with Crippen molar-refractivity contribution in [2.45, 2.75) is 72.1 Å². The van der Waals surface area contributed by atoms with Crippen molar-refractivity contribution in [3.63, 3.8) is 0 Å². The topological polar surface area (TPSA) is 50.4 Å². The first-order chi connectivity index (χ1) is 9.60. The molecule has 0 aromatic carbocycles. The molecule has 1 amide bonds. The second-order valence-corrected chi connectivity index (χ2v) is 8.81. The number of thioether (sulfide) groups is 1. The first-order valence-corrected chi connectivity index (χ1v) is 9.06. The van der Waals surface area contributed by atoms with Crippen LogP contribution in [-0.4, -0.2) is 41.8 Å². The van der Waals surface area contributed by atoms with Gasteiger partial charge in [0.1, 0.15) is 5.60 Å². The van der Waals surface area contributed by atoms with Gasteiger partial charge in [0.25, 0.3) is 0 Å². The van der Waals surface area contributed by atoms with Crippen molar-refractivity contribution < 1.29 is 9.53 Å². The summed E-state index contributed by atoms with van der Waals surface area (Å²) < 4.78 is 5.26. The molecular formula is C16H32N2O2S. The summed E-state index contributed by atoms with van der Waals surface area (Å²) in [5, 5.41) is 6.54. The molecule has 1 saturated heterocycles. The molecule has 0 aromatic rings. The normalized spacial score (nSPS) is 23.4. The maximum absolute atomic E-state index is 11.7. The number of carbonyl (C=O) groups is 1. The minimum Gasteiger partial charge on any atom is -0.444 e. The lowest BCUT2D eigenvalue weighted by Crippen LogP contribution is -2.48. The van der Waals surface area contributed by atoms with E-state index >= 15 is 0 Å². The zero-order valence-corrected chi connectivity index (χ0v) is 15.2. The molecule has 0 radical (unpaired) electrons. The van der Waals surface area contributed by atoms with Crippen molar-refractivity contribution in [3.05, 3.63) is 0 Å². The summed E-state index contributed by atoms with van der Waals surface area (Å²) in [4.78, 5) is 11.7. The Morgan fingerprint density at radius 1 is 1.43 bits per heavy atom. The van der Waals surface area contributed by atoms with E-state index in [0.29, 0.717) is 11.5 Å². The van der Waals surface area contributed by atoms with E-state index in [1.807, 2.05) is 39.5 Å². The van der Waals surface area contributed by atoms with Crippen molar-refractivity contribution in [1.29, 1.82) is 0 Å². The molecule has 1 aliphatic rings. The van der Waals surface area contributed by atoms with Gasteiger partial charge in [-0.25, -0.2) is 4.79 Å². The van der Waals surface area contributed by atoms with E-state index in [-0.39, 0.29) is 12.1 Å². The van der Waals surface area contributed by atoms with E-state index in [1.165, 1.54) is 17.9 Å². The lowest BCUT2D eigenvalue weighted by atomic mass is 9.82. The summed E-state index contributed by atoms with van der Waals surface area (Å²) in [6, 6.07) is 0.677. The highest BCUT2D eigenvalue weighted by atomic mass is 32.2. The maximum Gasteiger partial charge on any atom is 0.407 e. The summed E-state index contributed by atoms with van der Waals surface area (Å²) in [6.45, 7) is 13.3. The van der Waals surface area contributed by atoms with E-state index in [0.717, 1.165) is 13.0 Å². The highest BCUT2D eigenvalue weighted by molar-refractivity contribution is 7.99. The van der Waals surface area contributed by atoms with Crippen LogP contribution in [0.15, 0.2) is 0 Å². The van der Waals surface area contributed by atoms with Crippen LogP contribution in [0.4, 0.5) is 4.79 Å². The Bertz CT molecular complexity index is 340. The van der Waals surface area contributed by atoms with Crippen LogP contribution in [-0.2, 0) is 4.74 Å². The molecule has 0 saturated carbocycles. The molecule has 0 spiro atoms. The molecule has 0 aliphatic carbocycles. The molecule has 1 fully saturated rings. The second-order valence-electron chi connectivity index (χ2n) is 7.66. The van der Waals surface area contributed by atoms with Crippen LogP contribution in [0, 0.1) is 5.41 Å². The van der Waals surface area contributed by atoms with Crippen molar-refractivity contribution in [1.82, 2.24) is 10.6 Å². The first-order valence-electron chi connectivity index (χ1n) is 7.91. The van der Waals surface area contributed by atoms with E-state index in [9.17, 15) is 4.79 Å². The molecule has 21 heavy (non-hydrogen) atoms. The monoisotopic (exact) mass is 316 g/mol. The number of amides is 1. The Morgan fingerprint density at radius 2 is 2.10 bits per heavy atom. The smallest absolute Gasteiger partial charge is 0.407 e. The van der Waals surface area contributed by atoms with E-state index in [4.69, 9.17) is 4.74 Å². The molecule has 124 valence electrons. The number of carbonyl (C=O) groups excluding carboxylic acids is 1. The molecule has 0 aromatic heterocycles. The third-order valence-electron chi connectivity index (χ3n) is 3.85. The molecule has 1 heterocycles. The van der Waals surface area contributed by atoms with Gasteiger partial charge in [0.15, 0.2) is 0 Å². The molecule has 4 nitrogen and oxygen atoms in total. The lowest BCUT2D eigenvalue weighted by Gasteiger charge is -2.39. The number of alkyl carbamates (subject to hydrolysis) is 1. The fourth-order valence-electron chi connectivity index (χ4n) is 2.33. The molecule has 5 heteroatoms. The maximum atomic E-state index is 11.7. The molecular weight excluding hydrogens is 284 g/mol. The Balaban J connectivity index is 2.24. The number of hydrogen-bond donors (Lipinski definition) is 2. The van der Waals surface area contributed by atoms with Crippen LogP contribution >= 0.6 is 11.8 Å². The third-order valence-corrected chi connectivity index (χ3v) is 4.91. The fourth-order valence-corrected chi connectivity index (χ4v) is 3.97. The van der Waals surface area contributed by atoms with Crippen molar-refractivity contribution in [2.24, 2.45) is 5.41 Å². The highest BCUT2D eigenvalue weighted by Crippen LogP contribution is 2.34. The predicted octanol–water partition coefficient (Wildman–Crippen LogP) is 3.41. The van der Waals surface area contributed by atoms with Gasteiger partial charge in [-0.3, -0.25) is 0 Å². The number of hydrogen-bond acceptors (Lipinski definition) is 4. The Hall–Kier alpha value is -0.420.